The Balaban J connectivity index is 1.02. The minimum absolute atomic E-state index is 0.0661. The molecule has 1 unspecified atom stereocenters. The number of ether oxygens (including phenoxy) is 4. The number of aryl methyl sites for hydroxylation is 1. The van der Waals surface area contributed by atoms with E-state index in [0.29, 0.717) is 50.8 Å². The zero-order valence-corrected chi connectivity index (χ0v) is 41.7. The predicted molar refractivity (Wildman–Crippen MR) is 266 cm³/mol. The van der Waals surface area contributed by atoms with Crippen LogP contribution in [0.3, 0.4) is 0 Å². The van der Waals surface area contributed by atoms with Crippen LogP contribution in [-0.2, 0) is 44.5 Å². The van der Waals surface area contributed by atoms with E-state index in [1.54, 1.807) is 25.4 Å². The van der Waals surface area contributed by atoms with Crippen molar-refractivity contribution >= 4 is 55.8 Å². The van der Waals surface area contributed by atoms with Crippen LogP contribution < -0.4 is 19.1 Å². The lowest BCUT2D eigenvalue weighted by Gasteiger charge is -2.49. The van der Waals surface area contributed by atoms with Crippen LogP contribution in [0.5, 0.6) is 17.2 Å². The van der Waals surface area contributed by atoms with E-state index in [1.807, 2.05) is 78.6 Å². The molecule has 0 radical (unpaired) electrons. The van der Waals surface area contributed by atoms with E-state index >= 15 is 0 Å². The number of rotatable bonds is 16. The number of methoxy groups -OCH3 is 2. The van der Waals surface area contributed by atoms with Crippen LogP contribution in [0.15, 0.2) is 97.1 Å². The number of hydrogen-bond donors (Lipinski definition) is 0. The van der Waals surface area contributed by atoms with Crippen molar-refractivity contribution in [2.24, 2.45) is 5.92 Å². The fourth-order valence-corrected chi connectivity index (χ4v) is 12.4. The van der Waals surface area contributed by atoms with Crippen molar-refractivity contribution in [3.63, 3.8) is 0 Å². The van der Waals surface area contributed by atoms with Crippen molar-refractivity contribution in [2.45, 2.75) is 81.8 Å². The molecule has 65 heavy (non-hydrogen) atoms. The zero-order chi connectivity index (χ0) is 45.7. The molecule has 3 heterocycles. The minimum Gasteiger partial charge on any atom is -0.497 e. The summed E-state index contributed by atoms with van der Waals surface area (Å²) in [7, 11) is -0.566. The molecule has 2 fully saturated rings. The topological polar surface area (TPSA) is 101 Å². The lowest BCUT2D eigenvalue weighted by atomic mass is 9.70. The average molecular weight is 1040 g/mol. The second-order valence-corrected chi connectivity index (χ2v) is 22.1. The Bertz CT molecular complexity index is 2370. The molecule has 14 heteroatoms. The van der Waals surface area contributed by atoms with Gasteiger partial charge in [-0.1, -0.05) is 61.0 Å². The highest BCUT2D eigenvalue weighted by molar-refractivity contribution is 14.1. The second kappa shape index (κ2) is 21.0. The fourth-order valence-electron chi connectivity index (χ4n) is 9.92. The van der Waals surface area contributed by atoms with Crippen LogP contribution in [0, 0.1) is 9.49 Å². The van der Waals surface area contributed by atoms with Gasteiger partial charge in [-0.05, 0) is 144 Å². The third-order valence-corrected chi connectivity index (χ3v) is 17.3. The van der Waals surface area contributed by atoms with Crippen LogP contribution in [0.1, 0.15) is 61.8 Å². The van der Waals surface area contributed by atoms with Gasteiger partial charge in [0.1, 0.15) is 23.3 Å². The van der Waals surface area contributed by atoms with E-state index in [9.17, 15) is 13.2 Å². The molecule has 11 nitrogen and oxygen atoms in total. The SMILES string of the molecule is COc1ccc(CN(Cc2ccc(OC)cc2)S(=O)(=O)[C@H](C)[C@@H](C)C/C=C/C(C(=O)N2CCOCC2)N2CC[C@H]2CN2C[C@@]3(CCCc4cc(Cl)ccc43)COc3ccc(I)cc32)cc1. The van der Waals surface area contributed by atoms with Gasteiger partial charge in [0, 0.05) is 65.9 Å². The Kier molecular flexibility index (Phi) is 15.4. The third kappa shape index (κ3) is 10.8. The van der Waals surface area contributed by atoms with Crippen LogP contribution in [0.25, 0.3) is 0 Å². The number of anilines is 1. The van der Waals surface area contributed by atoms with Gasteiger partial charge in [-0.15, -0.1) is 0 Å². The van der Waals surface area contributed by atoms with E-state index < -0.39 is 21.3 Å². The van der Waals surface area contributed by atoms with Gasteiger partial charge in [0.05, 0.1) is 45.0 Å². The van der Waals surface area contributed by atoms with Crippen molar-refractivity contribution in [3.05, 3.63) is 128 Å². The first-order valence-electron chi connectivity index (χ1n) is 22.9. The smallest absolute Gasteiger partial charge is 0.244 e. The quantitative estimate of drug-likeness (QED) is 0.0806. The lowest BCUT2D eigenvalue weighted by Crippen LogP contribution is -2.62. The number of likely N-dealkylation sites (tertiary alicyclic amines) is 1. The van der Waals surface area contributed by atoms with Crippen molar-refractivity contribution in [3.8, 4) is 17.2 Å². The molecule has 2 saturated heterocycles. The molecule has 0 saturated carbocycles. The molecule has 0 N–H and O–H groups in total. The van der Waals surface area contributed by atoms with E-state index in [1.165, 1.54) is 11.1 Å². The first-order valence-corrected chi connectivity index (χ1v) is 25.8. The number of carbonyl (C=O) groups is 1. The van der Waals surface area contributed by atoms with Crippen LogP contribution in [0.2, 0.25) is 5.02 Å². The number of carbonyl (C=O) groups excluding carboxylic acids is 1. The molecule has 8 rings (SSSR count). The number of hydrogen-bond acceptors (Lipinski definition) is 9. The van der Waals surface area contributed by atoms with Gasteiger partial charge in [-0.25, -0.2) is 8.42 Å². The van der Waals surface area contributed by atoms with Crippen LogP contribution >= 0.6 is 34.2 Å². The standard InChI is InChI=1S/C51H62ClIN4O7S/c1-36(37(2)65(59,60)56(31-38-10-16-44(61-3)17-11-38)32-39-12-18-45(62-4)19-13-39)7-5-9-47(50(58)54-25-27-63-28-26-54)57-24-22-43(57)33-55-34-51(35-64-49-21-15-42(53)30-48(49)55)23-6-8-40-29-41(52)14-20-46(40)51/h5,9-21,29-30,36-37,43,47H,6-8,22-28,31-35H2,1-4H3/b9-5+/t36-,37+,43-,47?,51-/m0/s1. The number of fused-ring (bicyclic) bond motifs is 3. The molecule has 1 spiro atoms. The van der Waals surface area contributed by atoms with Crippen LogP contribution in [-0.4, -0.2) is 113 Å². The summed E-state index contributed by atoms with van der Waals surface area (Å²) >= 11 is 8.91. The molecule has 4 aliphatic rings. The molecule has 4 aromatic rings. The summed E-state index contributed by atoms with van der Waals surface area (Å²) in [5.41, 5.74) is 5.25. The summed E-state index contributed by atoms with van der Waals surface area (Å²) in [5, 5.41) is 0.0660. The van der Waals surface area contributed by atoms with Gasteiger partial charge in [-0.2, -0.15) is 4.31 Å². The Labute approximate surface area is 404 Å². The molecule has 3 aliphatic heterocycles. The van der Waals surface area contributed by atoms with Crippen molar-refractivity contribution < 1.29 is 32.2 Å². The number of benzene rings is 4. The van der Waals surface area contributed by atoms with E-state index in [-0.39, 0.29) is 36.4 Å². The number of halogens is 2. The van der Waals surface area contributed by atoms with Crippen molar-refractivity contribution in [2.75, 3.05) is 71.7 Å². The van der Waals surface area contributed by atoms with Gasteiger partial charge in [0.2, 0.25) is 15.9 Å². The maximum atomic E-state index is 14.6. The van der Waals surface area contributed by atoms with Gasteiger partial charge < -0.3 is 28.7 Å². The number of morpholine rings is 1. The highest BCUT2D eigenvalue weighted by Gasteiger charge is 2.45. The zero-order valence-electron chi connectivity index (χ0n) is 38.0. The van der Waals surface area contributed by atoms with E-state index in [0.717, 1.165) is 76.5 Å². The van der Waals surface area contributed by atoms with E-state index in [2.05, 4.69) is 62.7 Å². The molecule has 0 bridgehead atoms. The predicted octanol–water partition coefficient (Wildman–Crippen LogP) is 8.74. The Morgan fingerprint density at radius 2 is 1.62 bits per heavy atom. The molecule has 1 amide bonds. The normalized spacial score (nSPS) is 21.5. The van der Waals surface area contributed by atoms with Crippen LogP contribution in [0.4, 0.5) is 5.69 Å². The highest BCUT2D eigenvalue weighted by Crippen LogP contribution is 2.45. The van der Waals surface area contributed by atoms with Gasteiger partial charge in [0.15, 0.2) is 0 Å². The summed E-state index contributed by atoms with van der Waals surface area (Å²) in [4.78, 5) is 21.4. The number of amides is 1. The molecule has 4 aromatic carbocycles. The molecule has 1 aliphatic carbocycles. The molecule has 348 valence electrons. The summed E-state index contributed by atoms with van der Waals surface area (Å²) in [6, 6.07) is 27.5. The van der Waals surface area contributed by atoms with Gasteiger partial charge in [-0.3, -0.25) is 9.69 Å². The summed E-state index contributed by atoms with van der Waals surface area (Å²) in [5.74, 6) is 2.14. The maximum Gasteiger partial charge on any atom is 0.244 e. The van der Waals surface area contributed by atoms with E-state index in [4.69, 9.17) is 30.5 Å². The first-order chi connectivity index (χ1) is 31.4. The highest BCUT2D eigenvalue weighted by atomic mass is 127. The van der Waals surface area contributed by atoms with Gasteiger partial charge in [0.25, 0.3) is 0 Å². The molecule has 0 aromatic heterocycles. The molecule has 5 atom stereocenters. The maximum absolute atomic E-state index is 14.6. The largest absolute Gasteiger partial charge is 0.497 e. The minimum atomic E-state index is -3.80. The Morgan fingerprint density at radius 1 is 0.938 bits per heavy atom. The van der Waals surface area contributed by atoms with Gasteiger partial charge >= 0.3 is 0 Å². The summed E-state index contributed by atoms with van der Waals surface area (Å²) in [6.07, 6.45) is 8.63. The fraction of sp³-hybridized carbons (Fsp3) is 0.471. The summed E-state index contributed by atoms with van der Waals surface area (Å²) < 4.78 is 55.0. The molecular weight excluding hydrogens is 975 g/mol. The number of sulfonamides is 1. The Morgan fingerprint density at radius 3 is 2.25 bits per heavy atom. The second-order valence-electron chi connectivity index (χ2n) is 18.1. The average Bonchev–Trinajstić information content (AvgIpc) is 3.46. The monoisotopic (exact) mass is 1040 g/mol. The third-order valence-electron chi connectivity index (χ3n) is 14.0. The Hall–Kier alpha value is -3.86. The molecular formula is C51H62ClIN4O7S. The number of allylic oxidation sites excluding steroid dienone is 1. The first kappa shape index (κ1) is 47.6. The van der Waals surface area contributed by atoms with Crippen molar-refractivity contribution in [1.29, 1.82) is 0 Å². The lowest BCUT2D eigenvalue weighted by molar-refractivity contribution is -0.142. The summed E-state index contributed by atoms with van der Waals surface area (Å²) in [6.45, 7) is 9.27. The number of nitrogens with zero attached hydrogens (tertiary/aromatic N) is 4. The van der Waals surface area contributed by atoms with Crippen molar-refractivity contribution in [1.82, 2.24) is 14.1 Å².